The summed E-state index contributed by atoms with van der Waals surface area (Å²) in [5, 5.41) is 7.64. The molecule has 5 heteroatoms. The Balaban J connectivity index is 2.64. The van der Waals surface area contributed by atoms with Crippen LogP contribution in [-0.4, -0.2) is 19.0 Å². The molecule has 0 fully saturated rings. The summed E-state index contributed by atoms with van der Waals surface area (Å²) >= 11 is 0. The molecule has 84 valence electrons. The highest BCUT2D eigenvalue weighted by molar-refractivity contribution is 5.99. The van der Waals surface area contributed by atoms with Crippen molar-refractivity contribution in [3.63, 3.8) is 0 Å². The second-order valence-corrected chi connectivity index (χ2v) is 2.97. The van der Waals surface area contributed by atoms with Gasteiger partial charge in [0.15, 0.2) is 0 Å². The third-order valence-corrected chi connectivity index (χ3v) is 1.82. The molecule has 3 amide bonds. The Morgan fingerprint density at radius 1 is 1.12 bits per heavy atom. The van der Waals surface area contributed by atoms with E-state index in [1.54, 1.807) is 24.3 Å². The molecule has 0 aliphatic carbocycles. The number of anilines is 2. The van der Waals surface area contributed by atoms with Crippen LogP contribution in [0.2, 0.25) is 0 Å². The Morgan fingerprint density at radius 3 is 2.06 bits per heavy atom. The molecule has 0 radical (unpaired) electrons. The quantitative estimate of drug-likeness (QED) is 0.675. The van der Waals surface area contributed by atoms with Crippen LogP contribution in [0.3, 0.4) is 0 Å². The van der Waals surface area contributed by atoms with Crippen LogP contribution in [-0.2, 0) is 4.79 Å². The van der Waals surface area contributed by atoms with Crippen molar-refractivity contribution >= 4 is 23.3 Å². The number of benzene rings is 1. The summed E-state index contributed by atoms with van der Waals surface area (Å²) in [6.07, 6.45) is 1.19. The second kappa shape index (κ2) is 5.55. The van der Waals surface area contributed by atoms with Crippen molar-refractivity contribution in [1.82, 2.24) is 5.32 Å². The lowest BCUT2D eigenvalue weighted by Gasteiger charge is -2.06. The molecular formula is C11H13N3O2. The summed E-state index contributed by atoms with van der Waals surface area (Å²) < 4.78 is 0. The number of urea groups is 1. The summed E-state index contributed by atoms with van der Waals surface area (Å²) in [6, 6.07) is 6.46. The maximum atomic E-state index is 11.0. The molecule has 1 aromatic carbocycles. The predicted octanol–water partition coefficient (Wildman–Crippen LogP) is 1.56. The van der Waals surface area contributed by atoms with E-state index in [9.17, 15) is 9.59 Å². The minimum absolute atomic E-state index is 0.271. The van der Waals surface area contributed by atoms with Crippen LogP contribution in [0.4, 0.5) is 16.2 Å². The van der Waals surface area contributed by atoms with E-state index in [-0.39, 0.29) is 11.9 Å². The summed E-state index contributed by atoms with van der Waals surface area (Å²) in [5.74, 6) is -0.271. The number of nitrogens with one attached hydrogen (secondary N) is 3. The van der Waals surface area contributed by atoms with Crippen LogP contribution in [0.1, 0.15) is 0 Å². The summed E-state index contributed by atoms with van der Waals surface area (Å²) in [6.45, 7) is 3.35. The van der Waals surface area contributed by atoms with Gasteiger partial charge < -0.3 is 16.0 Å². The van der Waals surface area contributed by atoms with Crippen molar-refractivity contribution in [3.8, 4) is 0 Å². The fraction of sp³-hybridized carbons (Fsp3) is 0.0909. The first-order chi connectivity index (χ1) is 7.65. The summed E-state index contributed by atoms with van der Waals surface area (Å²) in [4.78, 5) is 22.0. The van der Waals surface area contributed by atoms with Gasteiger partial charge in [0.2, 0.25) is 5.91 Å². The fourth-order valence-electron chi connectivity index (χ4n) is 1.02. The molecule has 0 aromatic heterocycles. The van der Waals surface area contributed by atoms with Gasteiger partial charge in [-0.05, 0) is 30.3 Å². The van der Waals surface area contributed by atoms with Crippen LogP contribution >= 0.6 is 0 Å². The van der Waals surface area contributed by atoms with Gasteiger partial charge in [0.1, 0.15) is 0 Å². The third-order valence-electron chi connectivity index (χ3n) is 1.82. The molecule has 0 bridgehead atoms. The number of hydrogen-bond acceptors (Lipinski definition) is 2. The molecule has 0 saturated heterocycles. The number of amides is 3. The first kappa shape index (κ1) is 11.8. The van der Waals surface area contributed by atoms with E-state index in [0.29, 0.717) is 11.4 Å². The summed E-state index contributed by atoms with van der Waals surface area (Å²) in [7, 11) is 1.54. The number of carbonyl (C=O) groups is 2. The lowest BCUT2D eigenvalue weighted by atomic mass is 10.3. The van der Waals surface area contributed by atoms with Crippen molar-refractivity contribution in [2.45, 2.75) is 0 Å². The van der Waals surface area contributed by atoms with E-state index in [4.69, 9.17) is 0 Å². The Bertz CT molecular complexity index is 398. The number of rotatable bonds is 3. The lowest BCUT2D eigenvalue weighted by Crippen LogP contribution is -2.24. The average Bonchev–Trinajstić information content (AvgIpc) is 2.31. The van der Waals surface area contributed by atoms with Crippen molar-refractivity contribution < 1.29 is 9.59 Å². The fourth-order valence-corrected chi connectivity index (χ4v) is 1.02. The molecule has 0 aliphatic heterocycles. The van der Waals surface area contributed by atoms with Gasteiger partial charge in [-0.15, -0.1) is 0 Å². The normalized spacial score (nSPS) is 9.06. The Morgan fingerprint density at radius 2 is 1.62 bits per heavy atom. The molecule has 3 N–H and O–H groups in total. The molecule has 0 saturated carbocycles. The monoisotopic (exact) mass is 219 g/mol. The number of carbonyl (C=O) groups excluding carboxylic acids is 2. The number of hydrogen-bond donors (Lipinski definition) is 3. The molecular weight excluding hydrogens is 206 g/mol. The van der Waals surface area contributed by atoms with E-state index in [1.807, 2.05) is 0 Å². The molecule has 0 atom stereocenters. The second-order valence-electron chi connectivity index (χ2n) is 2.97. The topological polar surface area (TPSA) is 70.2 Å². The van der Waals surface area contributed by atoms with Gasteiger partial charge >= 0.3 is 6.03 Å². The molecule has 1 aromatic rings. The molecule has 5 nitrogen and oxygen atoms in total. The zero-order valence-corrected chi connectivity index (χ0v) is 8.91. The van der Waals surface area contributed by atoms with Crippen LogP contribution < -0.4 is 16.0 Å². The largest absolute Gasteiger partial charge is 0.341 e. The van der Waals surface area contributed by atoms with E-state index in [0.717, 1.165) is 0 Å². The van der Waals surface area contributed by atoms with Crippen LogP contribution in [0.15, 0.2) is 36.9 Å². The van der Waals surface area contributed by atoms with Gasteiger partial charge in [-0.25, -0.2) is 4.79 Å². The minimum Gasteiger partial charge on any atom is -0.341 e. The Labute approximate surface area is 93.5 Å². The van der Waals surface area contributed by atoms with Gasteiger partial charge in [0, 0.05) is 18.4 Å². The standard InChI is InChI=1S/C11H13N3O2/c1-3-10(15)13-8-4-6-9(7-5-8)14-11(16)12-2/h3-7H,1H2,2H3,(H,13,15)(H2,12,14,16). The van der Waals surface area contributed by atoms with E-state index in [1.165, 1.54) is 13.1 Å². The van der Waals surface area contributed by atoms with Crippen LogP contribution in [0.5, 0.6) is 0 Å². The van der Waals surface area contributed by atoms with Gasteiger partial charge in [-0.1, -0.05) is 6.58 Å². The van der Waals surface area contributed by atoms with Gasteiger partial charge in [-0.2, -0.15) is 0 Å². The average molecular weight is 219 g/mol. The predicted molar refractivity (Wildman–Crippen MR) is 63.3 cm³/mol. The van der Waals surface area contributed by atoms with Crippen molar-refractivity contribution in [1.29, 1.82) is 0 Å². The zero-order chi connectivity index (χ0) is 12.0. The van der Waals surface area contributed by atoms with E-state index < -0.39 is 0 Å². The highest BCUT2D eigenvalue weighted by Crippen LogP contribution is 2.13. The first-order valence-corrected chi connectivity index (χ1v) is 4.68. The maximum absolute atomic E-state index is 11.0. The zero-order valence-electron chi connectivity index (χ0n) is 8.91. The Kier molecular flexibility index (Phi) is 4.08. The third kappa shape index (κ3) is 3.45. The van der Waals surface area contributed by atoms with Crippen molar-refractivity contribution in [3.05, 3.63) is 36.9 Å². The van der Waals surface area contributed by atoms with Crippen LogP contribution in [0, 0.1) is 0 Å². The van der Waals surface area contributed by atoms with Crippen molar-refractivity contribution in [2.75, 3.05) is 17.7 Å². The molecule has 16 heavy (non-hydrogen) atoms. The molecule has 0 heterocycles. The first-order valence-electron chi connectivity index (χ1n) is 4.68. The SMILES string of the molecule is C=CC(=O)Nc1ccc(NC(=O)NC)cc1. The van der Waals surface area contributed by atoms with Crippen molar-refractivity contribution in [2.24, 2.45) is 0 Å². The lowest BCUT2D eigenvalue weighted by molar-refractivity contribution is -0.111. The van der Waals surface area contributed by atoms with Gasteiger partial charge in [0.05, 0.1) is 0 Å². The minimum atomic E-state index is -0.289. The molecule has 0 unspecified atom stereocenters. The van der Waals surface area contributed by atoms with Gasteiger partial charge in [-0.3, -0.25) is 4.79 Å². The molecule has 1 rings (SSSR count). The van der Waals surface area contributed by atoms with Gasteiger partial charge in [0.25, 0.3) is 0 Å². The summed E-state index contributed by atoms with van der Waals surface area (Å²) in [5.41, 5.74) is 1.29. The highest BCUT2D eigenvalue weighted by atomic mass is 16.2. The smallest absolute Gasteiger partial charge is 0.318 e. The highest BCUT2D eigenvalue weighted by Gasteiger charge is 1.99. The Hall–Kier alpha value is -2.30. The maximum Gasteiger partial charge on any atom is 0.318 e. The van der Waals surface area contributed by atoms with Crippen LogP contribution in [0.25, 0.3) is 0 Å². The van der Waals surface area contributed by atoms with E-state index >= 15 is 0 Å². The molecule has 0 aliphatic rings. The van der Waals surface area contributed by atoms with E-state index in [2.05, 4.69) is 22.5 Å². The molecule has 0 spiro atoms.